The molecule has 1 aliphatic heterocycles. The predicted octanol–water partition coefficient (Wildman–Crippen LogP) is 3.30. The van der Waals surface area contributed by atoms with E-state index in [1.54, 1.807) is 18.0 Å². The predicted molar refractivity (Wildman–Crippen MR) is 120 cm³/mol. The van der Waals surface area contributed by atoms with Crippen LogP contribution in [0.25, 0.3) is 33.2 Å². The summed E-state index contributed by atoms with van der Waals surface area (Å²) in [5.74, 6) is 1.22. The second kappa shape index (κ2) is 8.55. The second-order valence-corrected chi connectivity index (χ2v) is 7.93. The van der Waals surface area contributed by atoms with Crippen molar-refractivity contribution in [2.24, 2.45) is 7.05 Å². The van der Waals surface area contributed by atoms with E-state index in [0.717, 1.165) is 21.9 Å². The fourth-order valence-corrected chi connectivity index (χ4v) is 4.01. The molecule has 170 valence electrons. The summed E-state index contributed by atoms with van der Waals surface area (Å²) >= 11 is 0. The van der Waals surface area contributed by atoms with Gasteiger partial charge in [0.15, 0.2) is 12.4 Å². The molecule has 0 bridgehead atoms. The van der Waals surface area contributed by atoms with Crippen LogP contribution in [0.3, 0.4) is 0 Å². The third-order valence-corrected chi connectivity index (χ3v) is 5.56. The third kappa shape index (κ3) is 4.24. The smallest absolute Gasteiger partial charge is 0.407 e. The van der Waals surface area contributed by atoms with Gasteiger partial charge in [-0.05, 0) is 24.3 Å². The molecule has 0 saturated carbocycles. The van der Waals surface area contributed by atoms with Gasteiger partial charge in [0.2, 0.25) is 0 Å². The van der Waals surface area contributed by atoms with Crippen LogP contribution >= 0.6 is 0 Å². The average Bonchev–Trinajstić information content (AvgIpc) is 3.42. The zero-order chi connectivity index (χ0) is 22.9. The van der Waals surface area contributed by atoms with Gasteiger partial charge < -0.3 is 24.2 Å². The molecule has 10 nitrogen and oxygen atoms in total. The fraction of sp³-hybridized carbons (Fsp3) is 0.304. The Morgan fingerprint density at radius 1 is 1.24 bits per heavy atom. The Balaban J connectivity index is 1.44. The van der Waals surface area contributed by atoms with E-state index in [1.807, 2.05) is 43.6 Å². The standard InChI is InChI=1S/C23H23N5O5/c1-27-11-15-8-18(21(32-13-31-2)9-20(15)26-27)19-4-3-14-7-17(10-24-22(14)25-19)33-16-5-6-28(12-16)23(29)30/h3-4,7-11,16H,5-6,12-13H2,1-2H3,(H,29,30)/t16-/m1/s1. The van der Waals surface area contributed by atoms with E-state index in [-0.39, 0.29) is 12.9 Å². The number of benzene rings is 1. The van der Waals surface area contributed by atoms with Gasteiger partial charge in [-0.15, -0.1) is 0 Å². The van der Waals surface area contributed by atoms with Gasteiger partial charge in [-0.25, -0.2) is 14.8 Å². The van der Waals surface area contributed by atoms with Crippen LogP contribution in [-0.4, -0.2) is 68.9 Å². The van der Waals surface area contributed by atoms with Crippen LogP contribution in [0, 0.1) is 0 Å². The number of nitrogens with zero attached hydrogens (tertiary/aromatic N) is 5. The number of pyridine rings is 2. The van der Waals surface area contributed by atoms with E-state index < -0.39 is 6.09 Å². The first-order valence-corrected chi connectivity index (χ1v) is 10.5. The number of fused-ring (bicyclic) bond motifs is 2. The molecule has 0 aliphatic carbocycles. The Morgan fingerprint density at radius 2 is 2.12 bits per heavy atom. The van der Waals surface area contributed by atoms with Gasteiger partial charge in [0.05, 0.1) is 24.0 Å². The molecule has 1 atom stereocenters. The number of hydrogen-bond acceptors (Lipinski definition) is 7. The molecule has 0 radical (unpaired) electrons. The lowest BCUT2D eigenvalue weighted by atomic mass is 10.1. The van der Waals surface area contributed by atoms with Crippen molar-refractivity contribution in [1.29, 1.82) is 0 Å². The Labute approximate surface area is 189 Å². The van der Waals surface area contributed by atoms with E-state index in [0.29, 0.717) is 42.4 Å². The van der Waals surface area contributed by atoms with E-state index in [1.165, 1.54) is 4.90 Å². The van der Waals surface area contributed by atoms with Crippen LogP contribution in [-0.2, 0) is 11.8 Å². The van der Waals surface area contributed by atoms with Crippen LogP contribution in [0.2, 0.25) is 0 Å². The Bertz CT molecular complexity index is 1340. The van der Waals surface area contributed by atoms with Crippen molar-refractivity contribution in [3.8, 4) is 22.8 Å². The molecule has 33 heavy (non-hydrogen) atoms. The number of rotatable bonds is 6. The maximum absolute atomic E-state index is 11.1. The zero-order valence-electron chi connectivity index (χ0n) is 18.3. The van der Waals surface area contributed by atoms with Crippen molar-refractivity contribution in [2.75, 3.05) is 27.0 Å². The molecule has 10 heteroatoms. The first-order chi connectivity index (χ1) is 16.0. The second-order valence-electron chi connectivity index (χ2n) is 7.93. The number of methoxy groups -OCH3 is 1. The minimum absolute atomic E-state index is 0.109. The summed E-state index contributed by atoms with van der Waals surface area (Å²) in [6, 6.07) is 9.58. The molecule has 5 rings (SSSR count). The van der Waals surface area contributed by atoms with Crippen LogP contribution in [0.5, 0.6) is 11.5 Å². The summed E-state index contributed by atoms with van der Waals surface area (Å²) in [6.45, 7) is 0.935. The first kappa shape index (κ1) is 21.0. The highest BCUT2D eigenvalue weighted by molar-refractivity contribution is 5.89. The lowest BCUT2D eigenvalue weighted by molar-refractivity contribution is 0.0516. The van der Waals surface area contributed by atoms with Gasteiger partial charge >= 0.3 is 6.09 Å². The Kier molecular flexibility index (Phi) is 5.43. The van der Waals surface area contributed by atoms with Crippen molar-refractivity contribution in [3.05, 3.63) is 42.7 Å². The van der Waals surface area contributed by atoms with Crippen molar-refractivity contribution in [2.45, 2.75) is 12.5 Å². The molecule has 4 aromatic rings. The maximum atomic E-state index is 11.1. The van der Waals surface area contributed by atoms with Crippen molar-refractivity contribution < 1.29 is 24.1 Å². The molecular formula is C23H23N5O5. The minimum Gasteiger partial charge on any atom is -0.487 e. The van der Waals surface area contributed by atoms with E-state index >= 15 is 0 Å². The van der Waals surface area contributed by atoms with Crippen molar-refractivity contribution >= 4 is 28.0 Å². The Morgan fingerprint density at radius 3 is 2.91 bits per heavy atom. The molecular weight excluding hydrogens is 426 g/mol. The van der Waals surface area contributed by atoms with Crippen LogP contribution in [0.15, 0.2) is 42.7 Å². The summed E-state index contributed by atoms with van der Waals surface area (Å²) < 4.78 is 18.6. The number of aromatic nitrogens is 4. The van der Waals surface area contributed by atoms with Crippen LogP contribution < -0.4 is 9.47 Å². The van der Waals surface area contributed by atoms with Crippen LogP contribution in [0.1, 0.15) is 6.42 Å². The van der Waals surface area contributed by atoms with Crippen LogP contribution in [0.4, 0.5) is 4.79 Å². The molecule has 0 unspecified atom stereocenters. The van der Waals surface area contributed by atoms with Gasteiger partial charge in [0.1, 0.15) is 17.6 Å². The topological polar surface area (TPSA) is 112 Å². The van der Waals surface area contributed by atoms with Gasteiger partial charge in [-0.1, -0.05) is 0 Å². The highest BCUT2D eigenvalue weighted by Gasteiger charge is 2.27. The van der Waals surface area contributed by atoms with Crippen molar-refractivity contribution in [1.82, 2.24) is 24.6 Å². The summed E-state index contributed by atoms with van der Waals surface area (Å²) in [4.78, 5) is 21.7. The van der Waals surface area contributed by atoms with Gasteiger partial charge in [0.25, 0.3) is 0 Å². The Hall–Kier alpha value is -3.92. The third-order valence-electron chi connectivity index (χ3n) is 5.56. The largest absolute Gasteiger partial charge is 0.487 e. The lowest BCUT2D eigenvalue weighted by Crippen LogP contribution is -2.29. The highest BCUT2D eigenvalue weighted by Crippen LogP contribution is 2.34. The summed E-state index contributed by atoms with van der Waals surface area (Å²) in [5.41, 5.74) is 2.92. The zero-order valence-corrected chi connectivity index (χ0v) is 18.3. The van der Waals surface area contributed by atoms with Gasteiger partial charge in [-0.3, -0.25) is 4.68 Å². The molecule has 1 amide bonds. The fourth-order valence-electron chi connectivity index (χ4n) is 4.01. The number of carboxylic acid groups (broad SMARTS) is 1. The molecule has 4 heterocycles. The average molecular weight is 449 g/mol. The summed E-state index contributed by atoms with van der Waals surface area (Å²) in [7, 11) is 3.44. The van der Waals surface area contributed by atoms with Gasteiger partial charge in [0, 0.05) is 55.7 Å². The quantitative estimate of drug-likeness (QED) is 0.446. The van der Waals surface area contributed by atoms with E-state index in [4.69, 9.17) is 24.3 Å². The monoisotopic (exact) mass is 449 g/mol. The maximum Gasteiger partial charge on any atom is 0.407 e. The normalized spacial score (nSPS) is 15.9. The molecule has 1 N–H and O–H groups in total. The molecule has 1 aromatic carbocycles. The van der Waals surface area contributed by atoms with E-state index in [2.05, 4.69) is 10.1 Å². The number of carbonyl (C=O) groups is 1. The molecule has 1 saturated heterocycles. The van der Waals surface area contributed by atoms with Gasteiger partial charge in [-0.2, -0.15) is 5.10 Å². The molecule has 0 spiro atoms. The SMILES string of the molecule is COCOc1cc2nn(C)cc2cc1-c1ccc2cc(O[C@@H]3CCN(C(=O)O)C3)cnc2n1. The molecule has 3 aromatic heterocycles. The number of aryl methyl sites for hydroxylation is 1. The number of ether oxygens (including phenoxy) is 3. The molecule has 1 fully saturated rings. The minimum atomic E-state index is -0.923. The lowest BCUT2D eigenvalue weighted by Gasteiger charge is -2.15. The summed E-state index contributed by atoms with van der Waals surface area (Å²) in [6.07, 6.45) is 3.11. The number of amides is 1. The number of hydrogen-bond donors (Lipinski definition) is 1. The highest BCUT2D eigenvalue weighted by atomic mass is 16.7. The first-order valence-electron chi connectivity index (χ1n) is 10.5. The molecule has 1 aliphatic rings. The number of likely N-dealkylation sites (tertiary alicyclic amines) is 1. The van der Waals surface area contributed by atoms with E-state index in [9.17, 15) is 4.79 Å². The van der Waals surface area contributed by atoms with Crippen molar-refractivity contribution in [3.63, 3.8) is 0 Å². The summed E-state index contributed by atoms with van der Waals surface area (Å²) in [5, 5.41) is 15.4.